The molecule has 154 valence electrons. The number of anilines is 1. The molecule has 0 saturated carbocycles. The molecule has 27 heavy (non-hydrogen) atoms. The Balaban J connectivity index is 0.00000676. The first kappa shape index (κ1) is 25.6. The highest BCUT2D eigenvalue weighted by molar-refractivity contribution is 14.0. The molecule has 0 aliphatic heterocycles. The average molecular weight is 494 g/mol. The lowest BCUT2D eigenvalue weighted by Gasteiger charge is -2.21. The number of ether oxygens (including phenoxy) is 1. The Hall–Kier alpha value is -1.42. The maximum atomic E-state index is 13.1. The predicted molar refractivity (Wildman–Crippen MR) is 119 cm³/mol. The largest absolute Gasteiger partial charge is 0.378 e. The SMILES string of the molecule is CCNC(=NCC(=O)Nc1cccc(F)c1)NCCC(OCC)C(C)C.I. The van der Waals surface area contributed by atoms with Crippen molar-refractivity contribution < 1.29 is 13.9 Å². The lowest BCUT2D eigenvalue weighted by molar-refractivity contribution is -0.114. The molecular formula is C19H32FIN4O2. The maximum Gasteiger partial charge on any atom is 0.246 e. The van der Waals surface area contributed by atoms with Gasteiger partial charge >= 0.3 is 0 Å². The van der Waals surface area contributed by atoms with Gasteiger partial charge in [0, 0.05) is 25.4 Å². The smallest absolute Gasteiger partial charge is 0.246 e. The Morgan fingerprint density at radius 3 is 2.59 bits per heavy atom. The molecule has 0 heterocycles. The van der Waals surface area contributed by atoms with Crippen molar-refractivity contribution in [2.75, 3.05) is 31.6 Å². The van der Waals surface area contributed by atoms with Crippen LogP contribution in [-0.4, -0.2) is 44.2 Å². The zero-order valence-electron chi connectivity index (χ0n) is 16.5. The average Bonchev–Trinajstić information content (AvgIpc) is 2.58. The van der Waals surface area contributed by atoms with Crippen molar-refractivity contribution in [2.24, 2.45) is 10.9 Å². The lowest BCUT2D eigenvalue weighted by Crippen LogP contribution is -2.40. The van der Waals surface area contributed by atoms with Crippen molar-refractivity contribution in [3.63, 3.8) is 0 Å². The van der Waals surface area contributed by atoms with Gasteiger partial charge in [-0.05, 0) is 44.4 Å². The number of hydrogen-bond acceptors (Lipinski definition) is 3. The van der Waals surface area contributed by atoms with Gasteiger partial charge < -0.3 is 20.7 Å². The highest BCUT2D eigenvalue weighted by atomic mass is 127. The minimum atomic E-state index is -0.393. The highest BCUT2D eigenvalue weighted by Crippen LogP contribution is 2.10. The molecule has 0 aliphatic rings. The molecule has 0 saturated heterocycles. The van der Waals surface area contributed by atoms with E-state index in [0.29, 0.717) is 37.3 Å². The Kier molecular flexibility index (Phi) is 13.8. The molecule has 3 N–H and O–H groups in total. The number of hydrogen-bond donors (Lipinski definition) is 3. The second-order valence-electron chi connectivity index (χ2n) is 6.21. The standard InChI is InChI=1S/C19H31FN4O2.HI/c1-5-21-19(22-11-10-17(14(3)4)26-6-2)23-13-18(25)24-16-9-7-8-15(20)12-16;/h7-9,12,14,17H,5-6,10-11,13H2,1-4H3,(H,24,25)(H2,21,22,23);1H. The summed E-state index contributed by atoms with van der Waals surface area (Å²) in [6, 6.07) is 5.77. The summed E-state index contributed by atoms with van der Waals surface area (Å²) in [5, 5.41) is 8.94. The third-order valence-electron chi connectivity index (χ3n) is 3.68. The van der Waals surface area contributed by atoms with Crippen molar-refractivity contribution in [3.8, 4) is 0 Å². The van der Waals surface area contributed by atoms with Crippen molar-refractivity contribution in [2.45, 2.75) is 40.2 Å². The Morgan fingerprint density at radius 1 is 1.26 bits per heavy atom. The summed E-state index contributed by atoms with van der Waals surface area (Å²) >= 11 is 0. The molecule has 6 nitrogen and oxygen atoms in total. The van der Waals surface area contributed by atoms with E-state index in [0.717, 1.165) is 6.42 Å². The third kappa shape index (κ3) is 11.1. The minimum absolute atomic E-state index is 0. The number of benzene rings is 1. The van der Waals surface area contributed by atoms with E-state index in [9.17, 15) is 9.18 Å². The fourth-order valence-electron chi connectivity index (χ4n) is 2.42. The van der Waals surface area contributed by atoms with E-state index in [1.165, 1.54) is 12.1 Å². The zero-order chi connectivity index (χ0) is 19.4. The normalized spacial score (nSPS) is 12.3. The van der Waals surface area contributed by atoms with Crippen LogP contribution in [0.25, 0.3) is 0 Å². The summed E-state index contributed by atoms with van der Waals surface area (Å²) < 4.78 is 18.9. The van der Waals surface area contributed by atoms with E-state index in [2.05, 4.69) is 34.8 Å². The van der Waals surface area contributed by atoms with Crippen LogP contribution in [0.15, 0.2) is 29.3 Å². The molecule has 0 bridgehead atoms. The van der Waals surface area contributed by atoms with Gasteiger partial charge in [-0.1, -0.05) is 19.9 Å². The first-order chi connectivity index (χ1) is 12.5. The molecule has 0 aliphatic carbocycles. The maximum absolute atomic E-state index is 13.1. The number of guanidine groups is 1. The summed E-state index contributed by atoms with van der Waals surface area (Å²) in [5.74, 6) is 0.312. The van der Waals surface area contributed by atoms with Crippen LogP contribution in [-0.2, 0) is 9.53 Å². The van der Waals surface area contributed by atoms with Crippen molar-refractivity contribution in [3.05, 3.63) is 30.1 Å². The van der Waals surface area contributed by atoms with Crippen LogP contribution in [0.1, 0.15) is 34.1 Å². The van der Waals surface area contributed by atoms with Gasteiger partial charge in [0.15, 0.2) is 5.96 Å². The molecule has 1 aromatic rings. The molecule has 0 fully saturated rings. The second-order valence-corrected chi connectivity index (χ2v) is 6.21. The number of halogens is 2. The zero-order valence-corrected chi connectivity index (χ0v) is 18.9. The Bertz CT molecular complexity index is 585. The number of nitrogens with zero attached hydrogens (tertiary/aromatic N) is 1. The van der Waals surface area contributed by atoms with Gasteiger partial charge in [0.05, 0.1) is 6.10 Å². The summed E-state index contributed by atoms with van der Waals surface area (Å²) in [7, 11) is 0. The Labute approximate surface area is 178 Å². The van der Waals surface area contributed by atoms with Gasteiger partial charge in [0.2, 0.25) is 5.91 Å². The van der Waals surface area contributed by atoms with Crippen LogP contribution in [0.4, 0.5) is 10.1 Å². The predicted octanol–water partition coefficient (Wildman–Crippen LogP) is 3.39. The van der Waals surface area contributed by atoms with E-state index >= 15 is 0 Å². The fraction of sp³-hybridized carbons (Fsp3) is 0.579. The van der Waals surface area contributed by atoms with Crippen LogP contribution >= 0.6 is 24.0 Å². The van der Waals surface area contributed by atoms with E-state index in [-0.39, 0.29) is 42.5 Å². The van der Waals surface area contributed by atoms with Gasteiger partial charge in [-0.25, -0.2) is 9.38 Å². The second kappa shape index (κ2) is 14.6. The monoisotopic (exact) mass is 494 g/mol. The van der Waals surface area contributed by atoms with Crippen LogP contribution in [0, 0.1) is 11.7 Å². The summed E-state index contributed by atoms with van der Waals surface area (Å²) in [6.45, 7) is 10.2. The molecular weight excluding hydrogens is 462 g/mol. The van der Waals surface area contributed by atoms with Gasteiger partial charge in [-0.15, -0.1) is 24.0 Å². The molecule has 0 aromatic heterocycles. The molecule has 1 rings (SSSR count). The molecule has 8 heteroatoms. The molecule has 1 aromatic carbocycles. The number of rotatable bonds is 10. The number of aliphatic imine (C=N–C) groups is 1. The van der Waals surface area contributed by atoms with E-state index in [1.807, 2.05) is 13.8 Å². The summed E-state index contributed by atoms with van der Waals surface area (Å²) in [6.07, 6.45) is 1.04. The van der Waals surface area contributed by atoms with Gasteiger partial charge in [-0.2, -0.15) is 0 Å². The van der Waals surface area contributed by atoms with Gasteiger partial charge in [0.1, 0.15) is 12.4 Å². The van der Waals surface area contributed by atoms with Crippen LogP contribution < -0.4 is 16.0 Å². The molecule has 1 unspecified atom stereocenters. The molecule has 1 amide bonds. The first-order valence-electron chi connectivity index (χ1n) is 9.15. The quantitative estimate of drug-likeness (QED) is 0.265. The van der Waals surface area contributed by atoms with Crippen molar-refractivity contribution in [1.29, 1.82) is 0 Å². The van der Waals surface area contributed by atoms with Crippen LogP contribution in [0.2, 0.25) is 0 Å². The highest BCUT2D eigenvalue weighted by Gasteiger charge is 2.13. The van der Waals surface area contributed by atoms with E-state index < -0.39 is 5.82 Å². The number of amides is 1. The first-order valence-corrected chi connectivity index (χ1v) is 9.15. The van der Waals surface area contributed by atoms with Crippen LogP contribution in [0.3, 0.4) is 0 Å². The summed E-state index contributed by atoms with van der Waals surface area (Å²) in [4.78, 5) is 16.2. The fourth-order valence-corrected chi connectivity index (χ4v) is 2.42. The molecule has 1 atom stereocenters. The van der Waals surface area contributed by atoms with Crippen molar-refractivity contribution >= 4 is 41.5 Å². The lowest BCUT2D eigenvalue weighted by atomic mass is 10.0. The van der Waals surface area contributed by atoms with Crippen molar-refractivity contribution in [1.82, 2.24) is 10.6 Å². The number of nitrogens with one attached hydrogen (secondary N) is 3. The molecule has 0 spiro atoms. The number of carbonyl (C=O) groups excluding carboxylic acids is 1. The van der Waals surface area contributed by atoms with Gasteiger partial charge in [-0.3, -0.25) is 4.79 Å². The topological polar surface area (TPSA) is 74.8 Å². The Morgan fingerprint density at radius 2 is 2.00 bits per heavy atom. The van der Waals surface area contributed by atoms with E-state index in [4.69, 9.17) is 4.74 Å². The van der Waals surface area contributed by atoms with Gasteiger partial charge in [0.25, 0.3) is 0 Å². The van der Waals surface area contributed by atoms with Crippen LogP contribution in [0.5, 0.6) is 0 Å². The minimum Gasteiger partial charge on any atom is -0.378 e. The van der Waals surface area contributed by atoms with E-state index in [1.54, 1.807) is 12.1 Å². The number of carbonyl (C=O) groups is 1. The third-order valence-corrected chi connectivity index (χ3v) is 3.68. The summed E-state index contributed by atoms with van der Waals surface area (Å²) in [5.41, 5.74) is 0.416. The molecule has 0 radical (unpaired) electrons.